The van der Waals surface area contributed by atoms with Crippen LogP contribution in [0.25, 0.3) is 12.2 Å². The van der Waals surface area contributed by atoms with E-state index in [2.05, 4.69) is 4.90 Å². The Morgan fingerprint density at radius 3 is 1.86 bits per heavy atom. The number of Topliss-reactive ketones (excluding diaryl/α,β-unsaturated/α-hetero) is 1. The van der Waals surface area contributed by atoms with Crippen molar-refractivity contribution in [3.63, 3.8) is 0 Å². The Morgan fingerprint density at radius 2 is 1.33 bits per heavy atom. The molecule has 0 bridgehead atoms. The van der Waals surface area contributed by atoms with Gasteiger partial charge in [-0.1, -0.05) is 12.1 Å². The van der Waals surface area contributed by atoms with E-state index in [1.165, 1.54) is 29.2 Å². The van der Waals surface area contributed by atoms with Crippen LogP contribution in [0.4, 0.5) is 17.6 Å². The Morgan fingerprint density at radius 1 is 0.786 bits per heavy atom. The van der Waals surface area contributed by atoms with Crippen molar-refractivity contribution in [3.05, 3.63) is 112 Å². The molecule has 6 nitrogen and oxygen atoms in total. The van der Waals surface area contributed by atoms with Crippen molar-refractivity contribution in [2.24, 2.45) is 0 Å². The highest BCUT2D eigenvalue weighted by molar-refractivity contribution is 6.15. The first kappa shape index (κ1) is 29.2. The molecule has 2 fully saturated rings. The molecule has 0 saturated carbocycles. The molecule has 1 amide bonds. The molecule has 2 heterocycles. The number of amides is 1. The van der Waals surface area contributed by atoms with Gasteiger partial charge in [0.25, 0.3) is 5.91 Å². The minimum Gasteiger partial charge on any atom is -0.492 e. The number of nitrogens with zero attached hydrogens (tertiary/aromatic N) is 2. The topological polar surface area (TPSA) is 59.1 Å². The second kappa shape index (κ2) is 13.1. The van der Waals surface area contributed by atoms with Crippen LogP contribution in [-0.4, -0.2) is 74.0 Å². The Bertz CT molecular complexity index is 1460. The van der Waals surface area contributed by atoms with Gasteiger partial charge in [0.1, 0.15) is 12.4 Å². The van der Waals surface area contributed by atoms with Crippen LogP contribution < -0.4 is 4.74 Å². The summed E-state index contributed by atoms with van der Waals surface area (Å²) in [5, 5.41) is 0. The van der Waals surface area contributed by atoms with Crippen molar-refractivity contribution in [1.82, 2.24) is 9.80 Å². The van der Waals surface area contributed by atoms with Crippen molar-refractivity contribution < 1.29 is 36.6 Å². The van der Waals surface area contributed by atoms with Gasteiger partial charge in [0, 0.05) is 36.3 Å². The molecule has 3 aromatic rings. The molecule has 0 aliphatic carbocycles. The minimum atomic E-state index is -1.08. The molecule has 2 aliphatic heterocycles. The fraction of sp³-hybridized carbons (Fsp3) is 0.250. The van der Waals surface area contributed by atoms with Gasteiger partial charge in [0.05, 0.1) is 26.3 Å². The summed E-state index contributed by atoms with van der Waals surface area (Å²) in [6.07, 6.45) is 2.77. The van der Waals surface area contributed by atoms with E-state index in [0.29, 0.717) is 31.1 Å². The number of ketones is 1. The van der Waals surface area contributed by atoms with Crippen molar-refractivity contribution in [2.75, 3.05) is 52.5 Å². The molecule has 5 rings (SSSR count). The van der Waals surface area contributed by atoms with Crippen molar-refractivity contribution in [2.45, 2.75) is 0 Å². The Hall–Kier alpha value is -4.28. The fourth-order valence-corrected chi connectivity index (χ4v) is 4.78. The number of carbonyl (C=O) groups is 2. The molecule has 0 radical (unpaired) electrons. The zero-order valence-electron chi connectivity index (χ0n) is 22.6. The number of piperidine rings is 1. The van der Waals surface area contributed by atoms with Crippen molar-refractivity contribution in [1.29, 1.82) is 0 Å². The summed E-state index contributed by atoms with van der Waals surface area (Å²) in [5.74, 6) is -4.44. The Labute approximate surface area is 240 Å². The lowest BCUT2D eigenvalue weighted by atomic mass is 9.93. The molecule has 42 heavy (non-hydrogen) atoms. The van der Waals surface area contributed by atoms with Crippen LogP contribution in [0.15, 0.2) is 71.8 Å². The van der Waals surface area contributed by atoms with Gasteiger partial charge in [-0.25, -0.2) is 17.6 Å². The van der Waals surface area contributed by atoms with Crippen LogP contribution in [0.5, 0.6) is 5.75 Å². The SMILES string of the molecule is O=C1C(=Cc2ccc(F)c(F)c2)CN(C(=O)c2ccc(OCCN3CCOCC3)cc2)CC1=Cc1ccc(F)c(F)c1. The number of carbonyl (C=O) groups excluding carboxylic acids is 2. The third-order valence-electron chi connectivity index (χ3n) is 7.04. The van der Waals surface area contributed by atoms with E-state index in [9.17, 15) is 27.2 Å². The third-order valence-corrected chi connectivity index (χ3v) is 7.04. The van der Waals surface area contributed by atoms with Gasteiger partial charge in [-0.2, -0.15) is 0 Å². The summed E-state index contributed by atoms with van der Waals surface area (Å²) in [7, 11) is 0. The van der Waals surface area contributed by atoms with E-state index in [0.717, 1.165) is 43.9 Å². The quantitative estimate of drug-likeness (QED) is 0.286. The monoisotopic (exact) mass is 580 g/mol. The molecule has 10 heteroatoms. The van der Waals surface area contributed by atoms with Gasteiger partial charge in [0.15, 0.2) is 29.1 Å². The van der Waals surface area contributed by atoms with Crippen molar-refractivity contribution in [3.8, 4) is 5.75 Å². The lowest BCUT2D eigenvalue weighted by Crippen LogP contribution is -2.41. The zero-order valence-corrected chi connectivity index (χ0v) is 22.6. The van der Waals surface area contributed by atoms with Gasteiger partial charge in [-0.05, 0) is 71.8 Å². The molecule has 0 atom stereocenters. The number of halogens is 4. The number of benzene rings is 3. The molecule has 0 spiro atoms. The van der Waals surface area contributed by atoms with Crippen LogP contribution in [0.1, 0.15) is 21.5 Å². The molecular formula is C32H28F4N2O4. The standard InChI is InChI=1S/C32H28F4N2O4/c33-27-7-1-21(17-29(27)35)15-24-19-38(20-25(31(24)39)16-22-2-8-28(34)30(36)18-22)32(40)23-3-5-26(6-4-23)42-14-11-37-9-12-41-13-10-37/h1-8,15-18H,9-14,19-20H2. The summed E-state index contributed by atoms with van der Waals surface area (Å²) in [5.41, 5.74) is 1.12. The van der Waals surface area contributed by atoms with E-state index in [-0.39, 0.29) is 41.3 Å². The highest BCUT2D eigenvalue weighted by Crippen LogP contribution is 2.25. The Kier molecular flexibility index (Phi) is 9.14. The maximum Gasteiger partial charge on any atom is 0.254 e. The zero-order chi connectivity index (χ0) is 29.6. The second-order valence-corrected chi connectivity index (χ2v) is 10.0. The predicted molar refractivity (Wildman–Crippen MR) is 149 cm³/mol. The first-order chi connectivity index (χ1) is 20.3. The number of morpholine rings is 1. The molecule has 3 aromatic carbocycles. The molecule has 0 aromatic heterocycles. The van der Waals surface area contributed by atoms with Gasteiger partial charge in [-0.15, -0.1) is 0 Å². The predicted octanol–water partition coefficient (Wildman–Crippen LogP) is 5.15. The van der Waals surface area contributed by atoms with Crippen LogP contribution in [0, 0.1) is 23.3 Å². The third kappa shape index (κ3) is 7.13. The van der Waals surface area contributed by atoms with E-state index in [1.807, 2.05) is 0 Å². The highest BCUT2D eigenvalue weighted by Gasteiger charge is 2.30. The summed E-state index contributed by atoms with van der Waals surface area (Å²) in [4.78, 5) is 30.5. The lowest BCUT2D eigenvalue weighted by Gasteiger charge is -2.30. The molecule has 0 unspecified atom stereocenters. The average molecular weight is 581 g/mol. The number of likely N-dealkylation sites (tertiary alicyclic amines) is 1. The van der Waals surface area contributed by atoms with Crippen LogP contribution >= 0.6 is 0 Å². The molecule has 0 N–H and O–H groups in total. The maximum absolute atomic E-state index is 13.8. The van der Waals surface area contributed by atoms with Crippen LogP contribution in [0.3, 0.4) is 0 Å². The van der Waals surface area contributed by atoms with Gasteiger partial charge < -0.3 is 14.4 Å². The molecule has 2 saturated heterocycles. The van der Waals surface area contributed by atoms with E-state index in [1.54, 1.807) is 24.3 Å². The number of hydrogen-bond acceptors (Lipinski definition) is 5. The minimum absolute atomic E-state index is 0.0937. The largest absolute Gasteiger partial charge is 0.492 e. The molecular weight excluding hydrogens is 552 g/mol. The average Bonchev–Trinajstić information content (AvgIpc) is 2.99. The maximum atomic E-state index is 13.8. The smallest absolute Gasteiger partial charge is 0.254 e. The number of ether oxygens (including phenoxy) is 2. The lowest BCUT2D eigenvalue weighted by molar-refractivity contribution is -0.113. The summed E-state index contributed by atoms with van der Waals surface area (Å²) >= 11 is 0. The van der Waals surface area contributed by atoms with Crippen LogP contribution in [-0.2, 0) is 9.53 Å². The number of hydrogen-bond donors (Lipinski definition) is 0. The fourth-order valence-electron chi connectivity index (χ4n) is 4.78. The van der Waals surface area contributed by atoms with E-state index >= 15 is 0 Å². The van der Waals surface area contributed by atoms with E-state index in [4.69, 9.17) is 9.47 Å². The second-order valence-electron chi connectivity index (χ2n) is 10.0. The van der Waals surface area contributed by atoms with Gasteiger partial charge in [-0.3, -0.25) is 14.5 Å². The highest BCUT2D eigenvalue weighted by atomic mass is 19.2. The van der Waals surface area contributed by atoms with E-state index < -0.39 is 29.1 Å². The summed E-state index contributed by atoms with van der Waals surface area (Å²) < 4.78 is 65.8. The molecule has 2 aliphatic rings. The van der Waals surface area contributed by atoms with Gasteiger partial charge >= 0.3 is 0 Å². The first-order valence-corrected chi connectivity index (χ1v) is 13.4. The summed E-state index contributed by atoms with van der Waals surface area (Å²) in [6, 6.07) is 13.1. The summed E-state index contributed by atoms with van der Waals surface area (Å²) in [6.45, 7) is 4.17. The Balaban J connectivity index is 1.36. The van der Waals surface area contributed by atoms with Crippen molar-refractivity contribution >= 4 is 23.8 Å². The number of rotatable bonds is 7. The van der Waals surface area contributed by atoms with Gasteiger partial charge in [0.2, 0.25) is 0 Å². The molecule has 218 valence electrons. The first-order valence-electron chi connectivity index (χ1n) is 13.4. The normalized spacial score (nSPS) is 18.1. The van der Waals surface area contributed by atoms with Crippen LogP contribution in [0.2, 0.25) is 0 Å².